The van der Waals surface area contributed by atoms with Gasteiger partial charge < -0.3 is 15.0 Å². The third-order valence-corrected chi connectivity index (χ3v) is 4.21. The number of fused-ring (bicyclic) bond motifs is 1. The van der Waals surface area contributed by atoms with E-state index < -0.39 is 11.6 Å². The lowest BCUT2D eigenvalue weighted by atomic mass is 10.1. The Morgan fingerprint density at radius 3 is 3.05 bits per heavy atom. The maximum Gasteiger partial charge on any atom is 0.168 e. The number of rotatable bonds is 4. The van der Waals surface area contributed by atoms with E-state index in [0.717, 1.165) is 31.7 Å². The minimum Gasteiger partial charge on any atom is -0.374 e. The second-order valence-electron chi connectivity index (χ2n) is 5.65. The molecule has 3 rings (SSSR count). The first-order valence-corrected chi connectivity index (χ1v) is 7.69. The predicted molar refractivity (Wildman–Crippen MR) is 77.7 cm³/mol. The predicted octanol–water partition coefficient (Wildman–Crippen LogP) is 2.94. The summed E-state index contributed by atoms with van der Waals surface area (Å²) in [5.41, 5.74) is 0. The van der Waals surface area contributed by atoms with Crippen LogP contribution in [-0.4, -0.2) is 36.8 Å². The van der Waals surface area contributed by atoms with Crippen molar-refractivity contribution in [3.63, 3.8) is 0 Å². The highest BCUT2D eigenvalue weighted by Crippen LogP contribution is 2.34. The van der Waals surface area contributed by atoms with E-state index in [0.29, 0.717) is 19.7 Å². The Bertz CT molecular complexity index is 512. The lowest BCUT2D eigenvalue weighted by Crippen LogP contribution is -2.49. The van der Waals surface area contributed by atoms with Gasteiger partial charge in [0.25, 0.3) is 0 Å². The number of hydrogen-bond acceptors (Lipinski definition) is 4. The largest absolute Gasteiger partial charge is 0.374 e. The van der Waals surface area contributed by atoms with Gasteiger partial charge in [0.2, 0.25) is 0 Å². The minimum absolute atomic E-state index is 0.134. The summed E-state index contributed by atoms with van der Waals surface area (Å²) in [5, 5.41) is 2.92. The second-order valence-corrected chi connectivity index (χ2v) is 5.65. The number of ether oxygens (including phenoxy) is 1. The third kappa shape index (κ3) is 2.81. The molecule has 0 radical (unpaired) electrons. The van der Waals surface area contributed by atoms with Gasteiger partial charge >= 0.3 is 0 Å². The van der Waals surface area contributed by atoms with E-state index in [9.17, 15) is 8.78 Å². The smallest absolute Gasteiger partial charge is 0.168 e. The normalized spacial score (nSPS) is 25.0. The van der Waals surface area contributed by atoms with E-state index in [-0.39, 0.29) is 23.8 Å². The van der Waals surface area contributed by atoms with Gasteiger partial charge in [0.15, 0.2) is 23.3 Å². The molecule has 4 nitrogen and oxygen atoms in total. The fourth-order valence-corrected chi connectivity index (χ4v) is 3.21. The van der Waals surface area contributed by atoms with Gasteiger partial charge in [-0.2, -0.15) is 0 Å². The van der Waals surface area contributed by atoms with E-state index in [1.54, 1.807) is 0 Å². The molecule has 2 fully saturated rings. The van der Waals surface area contributed by atoms with Crippen LogP contribution in [0.25, 0.3) is 0 Å². The van der Waals surface area contributed by atoms with Gasteiger partial charge in [-0.05, 0) is 25.7 Å². The van der Waals surface area contributed by atoms with Crippen molar-refractivity contribution in [1.29, 1.82) is 0 Å². The van der Waals surface area contributed by atoms with Crippen LogP contribution in [0.4, 0.5) is 20.4 Å². The minimum atomic E-state index is -0.638. The molecule has 2 atom stereocenters. The number of anilines is 2. The lowest BCUT2D eigenvalue weighted by molar-refractivity contribution is 0.0250. The number of halogens is 2. The number of nitrogens with one attached hydrogen (secondary N) is 1. The standard InChI is InChI=1S/C15H21F2N3O/c1-2-6-18-14-10(16)9-11(17)15(19-14)20-7-8-21-13-5-3-4-12(13)20/h9,12-13H,2-8H2,1H3,(H,18,19). The van der Waals surface area contributed by atoms with Crippen LogP contribution in [0.15, 0.2) is 6.07 Å². The monoisotopic (exact) mass is 297 g/mol. The average molecular weight is 297 g/mol. The molecule has 0 bridgehead atoms. The fraction of sp³-hybridized carbons (Fsp3) is 0.667. The van der Waals surface area contributed by atoms with Crippen molar-refractivity contribution in [1.82, 2.24) is 4.98 Å². The van der Waals surface area contributed by atoms with Crippen LogP contribution < -0.4 is 10.2 Å². The fourth-order valence-electron chi connectivity index (χ4n) is 3.21. The summed E-state index contributed by atoms with van der Waals surface area (Å²) in [6.45, 7) is 3.77. The second kappa shape index (κ2) is 6.13. The average Bonchev–Trinajstić information content (AvgIpc) is 2.95. The van der Waals surface area contributed by atoms with Gasteiger partial charge in [-0.1, -0.05) is 6.92 Å². The van der Waals surface area contributed by atoms with Crippen molar-refractivity contribution in [3.8, 4) is 0 Å². The van der Waals surface area contributed by atoms with E-state index in [1.807, 2.05) is 11.8 Å². The molecular formula is C15H21F2N3O. The zero-order chi connectivity index (χ0) is 14.8. The first-order chi connectivity index (χ1) is 10.2. The Kier molecular flexibility index (Phi) is 4.24. The van der Waals surface area contributed by atoms with E-state index >= 15 is 0 Å². The number of morpholine rings is 1. The van der Waals surface area contributed by atoms with Crippen LogP contribution in [0.5, 0.6) is 0 Å². The Morgan fingerprint density at radius 1 is 1.38 bits per heavy atom. The summed E-state index contributed by atoms with van der Waals surface area (Å²) >= 11 is 0. The number of hydrogen-bond donors (Lipinski definition) is 1. The highest BCUT2D eigenvalue weighted by molar-refractivity contribution is 5.50. The molecule has 1 saturated heterocycles. The molecule has 6 heteroatoms. The van der Waals surface area contributed by atoms with Gasteiger partial charge in [0.1, 0.15) is 0 Å². The summed E-state index contributed by atoms with van der Waals surface area (Å²) in [4.78, 5) is 6.15. The van der Waals surface area contributed by atoms with Gasteiger partial charge in [0, 0.05) is 19.2 Å². The van der Waals surface area contributed by atoms with Crippen LogP contribution in [0.3, 0.4) is 0 Å². The summed E-state index contributed by atoms with van der Waals surface area (Å²) in [6, 6.07) is 1.09. The van der Waals surface area contributed by atoms with E-state index in [1.165, 1.54) is 0 Å². The number of aromatic nitrogens is 1. The summed E-state index contributed by atoms with van der Waals surface area (Å²) in [5.74, 6) is -0.854. The topological polar surface area (TPSA) is 37.4 Å². The van der Waals surface area contributed by atoms with Gasteiger partial charge in [-0.25, -0.2) is 13.8 Å². The molecule has 2 unspecified atom stereocenters. The van der Waals surface area contributed by atoms with Gasteiger partial charge in [-0.15, -0.1) is 0 Å². The molecule has 1 N–H and O–H groups in total. The number of nitrogens with zero attached hydrogens (tertiary/aromatic N) is 2. The SMILES string of the molecule is CCCNc1nc(N2CCOC3CCCC32)c(F)cc1F. The molecule has 1 aromatic heterocycles. The first kappa shape index (κ1) is 14.5. The van der Waals surface area contributed by atoms with Crippen LogP contribution in [0.2, 0.25) is 0 Å². The van der Waals surface area contributed by atoms with E-state index in [2.05, 4.69) is 10.3 Å². The summed E-state index contributed by atoms with van der Waals surface area (Å²) in [7, 11) is 0. The molecule has 0 amide bonds. The Labute approximate surface area is 123 Å². The van der Waals surface area contributed by atoms with Crippen molar-refractivity contribution < 1.29 is 13.5 Å². The highest BCUT2D eigenvalue weighted by atomic mass is 19.1. The molecule has 21 heavy (non-hydrogen) atoms. The lowest BCUT2D eigenvalue weighted by Gasteiger charge is -2.38. The molecule has 2 aliphatic rings. The van der Waals surface area contributed by atoms with Crippen LogP contribution >= 0.6 is 0 Å². The first-order valence-electron chi connectivity index (χ1n) is 7.69. The maximum atomic E-state index is 14.2. The van der Waals surface area contributed by atoms with Crippen molar-refractivity contribution in [2.75, 3.05) is 29.9 Å². The molecule has 1 aliphatic heterocycles. The van der Waals surface area contributed by atoms with Gasteiger partial charge in [-0.3, -0.25) is 0 Å². The zero-order valence-electron chi connectivity index (χ0n) is 12.2. The quantitative estimate of drug-likeness (QED) is 0.927. The van der Waals surface area contributed by atoms with Gasteiger partial charge in [0.05, 0.1) is 18.8 Å². The van der Waals surface area contributed by atoms with E-state index in [4.69, 9.17) is 4.74 Å². The highest BCUT2D eigenvalue weighted by Gasteiger charge is 2.38. The molecule has 116 valence electrons. The van der Waals surface area contributed by atoms with Crippen LogP contribution in [0.1, 0.15) is 32.6 Å². The summed E-state index contributed by atoms with van der Waals surface area (Å²) < 4.78 is 33.7. The Hall–Kier alpha value is -1.43. The Morgan fingerprint density at radius 2 is 2.24 bits per heavy atom. The van der Waals surface area contributed by atoms with Crippen molar-refractivity contribution in [2.24, 2.45) is 0 Å². The molecular weight excluding hydrogens is 276 g/mol. The van der Waals surface area contributed by atoms with Crippen molar-refractivity contribution in [3.05, 3.63) is 17.7 Å². The third-order valence-electron chi connectivity index (χ3n) is 4.21. The van der Waals surface area contributed by atoms with Crippen molar-refractivity contribution in [2.45, 2.75) is 44.8 Å². The number of pyridine rings is 1. The molecule has 1 saturated carbocycles. The maximum absolute atomic E-state index is 14.2. The van der Waals surface area contributed by atoms with Crippen LogP contribution in [-0.2, 0) is 4.74 Å². The molecule has 2 heterocycles. The molecule has 1 aliphatic carbocycles. The van der Waals surface area contributed by atoms with Crippen molar-refractivity contribution >= 4 is 11.6 Å². The molecule has 0 aromatic carbocycles. The molecule has 1 aromatic rings. The summed E-state index contributed by atoms with van der Waals surface area (Å²) in [6.07, 6.45) is 4.06. The zero-order valence-corrected chi connectivity index (χ0v) is 12.2. The van der Waals surface area contributed by atoms with Crippen LogP contribution in [0, 0.1) is 11.6 Å². The Balaban J connectivity index is 1.89. The molecule has 0 spiro atoms.